The summed E-state index contributed by atoms with van der Waals surface area (Å²) in [6.45, 7) is 1.04. The van der Waals surface area contributed by atoms with Gasteiger partial charge in [-0.25, -0.2) is 4.39 Å². The van der Waals surface area contributed by atoms with Gasteiger partial charge in [0, 0.05) is 29.7 Å². The zero-order valence-electron chi connectivity index (χ0n) is 10.7. The molecule has 1 aromatic carbocycles. The summed E-state index contributed by atoms with van der Waals surface area (Å²) >= 11 is 10.9. The van der Waals surface area contributed by atoms with E-state index in [2.05, 4.69) is 4.90 Å². The molecule has 0 spiro atoms. The highest BCUT2D eigenvalue weighted by Gasteiger charge is 2.23. The fraction of sp³-hybridized carbons (Fsp3) is 0.500. The predicted octanol–water partition coefficient (Wildman–Crippen LogP) is 3.51. The second kappa shape index (κ2) is 6.64. The van der Waals surface area contributed by atoms with Crippen molar-refractivity contribution in [1.82, 2.24) is 4.90 Å². The molecule has 0 saturated heterocycles. The van der Waals surface area contributed by atoms with E-state index in [9.17, 15) is 4.39 Å². The molecule has 0 atom stereocenters. The quantitative estimate of drug-likeness (QED) is 0.844. The van der Waals surface area contributed by atoms with E-state index in [0.29, 0.717) is 34.7 Å². The molecular weight excluding hydrogens is 283 g/mol. The Hall–Kier alpha value is -0.710. The van der Waals surface area contributed by atoms with Crippen molar-refractivity contribution in [2.24, 2.45) is 5.73 Å². The molecule has 1 fully saturated rings. The van der Waals surface area contributed by atoms with Crippen LogP contribution in [0, 0.1) is 5.82 Å². The van der Waals surface area contributed by atoms with Crippen molar-refractivity contribution in [3.8, 4) is 0 Å². The van der Waals surface area contributed by atoms with E-state index in [-0.39, 0.29) is 5.82 Å². The Bertz CT molecular complexity index is 461. The third-order valence-electron chi connectivity index (χ3n) is 3.58. The number of hydrogen-bond acceptors (Lipinski definition) is 2. The van der Waals surface area contributed by atoms with Crippen LogP contribution in [0.5, 0.6) is 0 Å². The number of nitrogens with two attached hydrogens (primary N) is 1. The smallest absolute Gasteiger partial charge is 0.127 e. The van der Waals surface area contributed by atoms with Crippen LogP contribution in [0.1, 0.15) is 31.2 Å². The van der Waals surface area contributed by atoms with Gasteiger partial charge >= 0.3 is 0 Å². The van der Waals surface area contributed by atoms with Gasteiger partial charge in [-0.1, -0.05) is 36.7 Å². The molecule has 0 unspecified atom stereocenters. The first kappa shape index (κ1) is 14.7. The lowest BCUT2D eigenvalue weighted by Crippen LogP contribution is -2.39. The van der Waals surface area contributed by atoms with Crippen molar-refractivity contribution in [3.63, 3.8) is 0 Å². The van der Waals surface area contributed by atoms with Crippen LogP contribution in [0.15, 0.2) is 18.2 Å². The number of thiocarbonyl (C=S) groups is 1. The molecule has 2 nitrogen and oxygen atoms in total. The van der Waals surface area contributed by atoms with Crippen LogP contribution in [0.3, 0.4) is 0 Å². The van der Waals surface area contributed by atoms with Crippen LogP contribution in [-0.4, -0.2) is 22.5 Å². The minimum absolute atomic E-state index is 0.227. The van der Waals surface area contributed by atoms with E-state index in [0.717, 1.165) is 12.8 Å². The summed E-state index contributed by atoms with van der Waals surface area (Å²) in [5, 5.41) is 0.554. The molecule has 0 heterocycles. The average molecular weight is 301 g/mol. The topological polar surface area (TPSA) is 29.3 Å². The molecule has 104 valence electrons. The third-order valence-corrected chi connectivity index (χ3v) is 3.95. The summed E-state index contributed by atoms with van der Waals surface area (Å²) in [6.07, 6.45) is 4.70. The second-order valence-electron chi connectivity index (χ2n) is 5.05. The molecule has 2 rings (SSSR count). The molecule has 1 aliphatic rings. The Morgan fingerprint density at radius 3 is 2.74 bits per heavy atom. The highest BCUT2D eigenvalue weighted by Crippen LogP contribution is 2.26. The Morgan fingerprint density at radius 2 is 2.11 bits per heavy atom. The lowest BCUT2D eigenvalue weighted by molar-refractivity contribution is 0.216. The predicted molar refractivity (Wildman–Crippen MR) is 80.9 cm³/mol. The highest BCUT2D eigenvalue weighted by atomic mass is 35.5. The molecular formula is C14H18ClFN2S. The van der Waals surface area contributed by atoms with Gasteiger partial charge in [0.25, 0.3) is 0 Å². The van der Waals surface area contributed by atoms with Crippen LogP contribution < -0.4 is 5.73 Å². The largest absolute Gasteiger partial charge is 0.392 e. The minimum atomic E-state index is -0.227. The third kappa shape index (κ3) is 4.13. The maximum Gasteiger partial charge on any atom is 0.127 e. The Balaban J connectivity index is 2.14. The van der Waals surface area contributed by atoms with Gasteiger partial charge in [-0.2, -0.15) is 0 Å². The van der Waals surface area contributed by atoms with Crippen LogP contribution in [0.25, 0.3) is 0 Å². The average Bonchev–Trinajstić information content (AvgIpc) is 2.86. The molecule has 1 aliphatic carbocycles. The molecule has 0 aliphatic heterocycles. The molecule has 19 heavy (non-hydrogen) atoms. The normalized spacial score (nSPS) is 16.2. The maximum atomic E-state index is 13.8. The van der Waals surface area contributed by atoms with E-state index in [1.807, 2.05) is 0 Å². The fourth-order valence-corrected chi connectivity index (χ4v) is 3.03. The number of hydrogen-bond donors (Lipinski definition) is 1. The van der Waals surface area contributed by atoms with Gasteiger partial charge in [0.05, 0.1) is 4.99 Å². The van der Waals surface area contributed by atoms with Crippen LogP contribution in [0.4, 0.5) is 4.39 Å². The van der Waals surface area contributed by atoms with E-state index in [1.165, 1.54) is 18.9 Å². The minimum Gasteiger partial charge on any atom is -0.392 e. The Kier molecular flexibility index (Phi) is 5.13. The first-order chi connectivity index (χ1) is 9.06. The lowest BCUT2D eigenvalue weighted by Gasteiger charge is -2.28. The van der Waals surface area contributed by atoms with Gasteiger partial charge in [0.1, 0.15) is 5.82 Å². The zero-order chi connectivity index (χ0) is 13.8. The van der Waals surface area contributed by atoms with Crippen LogP contribution >= 0.6 is 23.8 Å². The van der Waals surface area contributed by atoms with Crippen molar-refractivity contribution in [2.75, 3.05) is 6.54 Å². The van der Waals surface area contributed by atoms with Gasteiger partial charge in [0.15, 0.2) is 0 Å². The van der Waals surface area contributed by atoms with Crippen molar-refractivity contribution < 1.29 is 4.39 Å². The number of halogens is 2. The first-order valence-electron chi connectivity index (χ1n) is 6.52. The van der Waals surface area contributed by atoms with Crippen molar-refractivity contribution in [3.05, 3.63) is 34.6 Å². The van der Waals surface area contributed by atoms with Gasteiger partial charge in [-0.05, 0) is 31.0 Å². The zero-order valence-corrected chi connectivity index (χ0v) is 12.3. The second-order valence-corrected chi connectivity index (χ2v) is 6.01. The molecule has 0 radical (unpaired) electrons. The Morgan fingerprint density at radius 1 is 1.42 bits per heavy atom. The monoisotopic (exact) mass is 300 g/mol. The first-order valence-corrected chi connectivity index (χ1v) is 7.31. The fourth-order valence-electron chi connectivity index (χ4n) is 2.67. The van der Waals surface area contributed by atoms with Gasteiger partial charge in [-0.3, -0.25) is 4.90 Å². The SMILES string of the molecule is NC(=S)CN(Cc1cc(Cl)ccc1F)C1CCCC1. The van der Waals surface area contributed by atoms with Crippen LogP contribution in [-0.2, 0) is 6.54 Å². The van der Waals surface area contributed by atoms with Crippen molar-refractivity contribution in [2.45, 2.75) is 38.3 Å². The number of benzene rings is 1. The summed E-state index contributed by atoms with van der Waals surface area (Å²) < 4.78 is 13.8. The molecule has 1 aromatic rings. The summed E-state index contributed by atoms with van der Waals surface area (Å²) in [6, 6.07) is 5.09. The molecule has 2 N–H and O–H groups in total. The summed E-state index contributed by atoms with van der Waals surface area (Å²) in [5.41, 5.74) is 6.26. The number of nitrogens with zero attached hydrogens (tertiary/aromatic N) is 1. The van der Waals surface area contributed by atoms with Crippen molar-refractivity contribution in [1.29, 1.82) is 0 Å². The molecule has 0 bridgehead atoms. The van der Waals surface area contributed by atoms with E-state index in [1.54, 1.807) is 12.1 Å². The lowest BCUT2D eigenvalue weighted by atomic mass is 10.1. The highest BCUT2D eigenvalue weighted by molar-refractivity contribution is 7.80. The maximum absolute atomic E-state index is 13.8. The van der Waals surface area contributed by atoms with E-state index < -0.39 is 0 Å². The van der Waals surface area contributed by atoms with Gasteiger partial charge < -0.3 is 5.73 Å². The van der Waals surface area contributed by atoms with Crippen molar-refractivity contribution >= 4 is 28.8 Å². The van der Waals surface area contributed by atoms with E-state index >= 15 is 0 Å². The molecule has 5 heteroatoms. The Labute approximate surface area is 123 Å². The van der Waals surface area contributed by atoms with Gasteiger partial charge in [0.2, 0.25) is 0 Å². The summed E-state index contributed by atoms with van der Waals surface area (Å²) in [7, 11) is 0. The van der Waals surface area contributed by atoms with E-state index in [4.69, 9.17) is 29.6 Å². The summed E-state index contributed by atoms with van der Waals surface area (Å²) in [4.78, 5) is 2.62. The molecule has 0 amide bonds. The standard InChI is InChI=1S/C14H18ClFN2S/c15-11-5-6-13(16)10(7-11)8-18(9-14(17)19)12-3-1-2-4-12/h5-7,12H,1-4,8-9H2,(H2,17,19). The molecule has 0 aromatic heterocycles. The van der Waals surface area contributed by atoms with Crippen LogP contribution in [0.2, 0.25) is 5.02 Å². The molecule has 1 saturated carbocycles. The summed E-state index contributed by atoms with van der Waals surface area (Å²) in [5.74, 6) is -0.227. The van der Waals surface area contributed by atoms with Gasteiger partial charge in [-0.15, -0.1) is 0 Å². The number of rotatable bonds is 5.